The normalized spacial score (nSPS) is 23.4. The summed E-state index contributed by atoms with van der Waals surface area (Å²) in [6.45, 7) is 4.36. The molecule has 2 atom stereocenters. The first-order valence-electron chi connectivity index (χ1n) is 6.15. The Bertz CT molecular complexity index is 301. The van der Waals surface area contributed by atoms with Crippen molar-refractivity contribution in [1.82, 2.24) is 4.90 Å². The maximum Gasteiger partial charge on any atom is 0.306 e. The molecule has 0 aromatic rings. The summed E-state index contributed by atoms with van der Waals surface area (Å²) in [4.78, 5) is 24.5. The number of hydrogen-bond donors (Lipinski definition) is 1. The molecule has 1 aliphatic carbocycles. The van der Waals surface area contributed by atoms with Crippen LogP contribution in [-0.2, 0) is 9.59 Å². The number of carbonyl (C=O) groups excluding carboxylic acids is 1. The molecule has 0 saturated heterocycles. The molecule has 0 bridgehead atoms. The Labute approximate surface area is 102 Å². The van der Waals surface area contributed by atoms with Crippen molar-refractivity contribution in [3.63, 3.8) is 0 Å². The third-order valence-electron chi connectivity index (χ3n) is 3.41. The summed E-state index contributed by atoms with van der Waals surface area (Å²) in [6.07, 6.45) is 5.50. The van der Waals surface area contributed by atoms with Crippen LogP contribution in [0.2, 0.25) is 0 Å². The lowest BCUT2D eigenvalue weighted by atomic mass is 10.0. The van der Waals surface area contributed by atoms with Crippen LogP contribution in [0, 0.1) is 11.8 Å². The predicted molar refractivity (Wildman–Crippen MR) is 65.5 cm³/mol. The van der Waals surface area contributed by atoms with Gasteiger partial charge in [-0.25, -0.2) is 0 Å². The van der Waals surface area contributed by atoms with Gasteiger partial charge < -0.3 is 10.0 Å². The van der Waals surface area contributed by atoms with Gasteiger partial charge in [0.25, 0.3) is 0 Å². The van der Waals surface area contributed by atoms with Crippen molar-refractivity contribution in [3.8, 4) is 0 Å². The zero-order valence-corrected chi connectivity index (χ0v) is 10.4. The first kappa shape index (κ1) is 13.7. The van der Waals surface area contributed by atoms with Gasteiger partial charge in [0.1, 0.15) is 0 Å². The average Bonchev–Trinajstić information content (AvgIpc) is 2.77. The number of aliphatic carboxylic acids is 1. The summed E-state index contributed by atoms with van der Waals surface area (Å²) in [7, 11) is 1.79. The highest BCUT2D eigenvalue weighted by atomic mass is 16.4. The van der Waals surface area contributed by atoms with E-state index in [2.05, 4.69) is 6.58 Å². The van der Waals surface area contributed by atoms with Gasteiger partial charge in [-0.15, -0.1) is 6.58 Å². The minimum Gasteiger partial charge on any atom is -0.481 e. The molecule has 1 rings (SSSR count). The fourth-order valence-corrected chi connectivity index (χ4v) is 2.32. The number of carbonyl (C=O) groups is 2. The molecule has 1 amide bonds. The number of nitrogens with zero attached hydrogens (tertiary/aromatic N) is 1. The number of carboxylic acids is 1. The summed E-state index contributed by atoms with van der Waals surface area (Å²) in [5.74, 6) is -1.09. The molecule has 1 saturated carbocycles. The van der Waals surface area contributed by atoms with Crippen molar-refractivity contribution >= 4 is 11.9 Å². The van der Waals surface area contributed by atoms with Crippen LogP contribution in [-0.4, -0.2) is 35.5 Å². The Morgan fingerprint density at radius 2 is 2.06 bits per heavy atom. The fraction of sp³-hybridized carbons (Fsp3) is 0.692. The van der Waals surface area contributed by atoms with Crippen molar-refractivity contribution in [2.24, 2.45) is 11.8 Å². The minimum absolute atomic E-state index is 0.0927. The van der Waals surface area contributed by atoms with Gasteiger partial charge in [-0.1, -0.05) is 6.08 Å². The SMILES string of the molecule is C=CCCCN(C)C(=O)[C@@H]1CC[C@H](C(=O)O)C1. The molecule has 1 N–H and O–H groups in total. The molecule has 0 radical (unpaired) electrons. The number of allylic oxidation sites excluding steroid dienone is 1. The van der Waals surface area contributed by atoms with Gasteiger partial charge in [0.2, 0.25) is 5.91 Å². The Balaban J connectivity index is 2.37. The summed E-state index contributed by atoms with van der Waals surface area (Å²) in [5.41, 5.74) is 0. The Hall–Kier alpha value is -1.32. The summed E-state index contributed by atoms with van der Waals surface area (Å²) >= 11 is 0. The van der Waals surface area contributed by atoms with E-state index in [1.165, 1.54) is 0 Å². The second-order valence-corrected chi connectivity index (χ2v) is 4.74. The lowest BCUT2D eigenvalue weighted by molar-refractivity contribution is -0.141. The molecule has 96 valence electrons. The van der Waals surface area contributed by atoms with Gasteiger partial charge in [-0.2, -0.15) is 0 Å². The zero-order valence-electron chi connectivity index (χ0n) is 10.4. The van der Waals surface area contributed by atoms with Crippen LogP contribution in [0.3, 0.4) is 0 Å². The predicted octanol–water partition coefficient (Wildman–Crippen LogP) is 1.91. The highest BCUT2D eigenvalue weighted by Crippen LogP contribution is 2.32. The molecule has 0 aliphatic heterocycles. The lowest BCUT2D eigenvalue weighted by Crippen LogP contribution is -2.32. The molecule has 0 spiro atoms. The molecule has 0 heterocycles. The van der Waals surface area contributed by atoms with Crippen LogP contribution in [0.25, 0.3) is 0 Å². The van der Waals surface area contributed by atoms with Crippen molar-refractivity contribution in [2.75, 3.05) is 13.6 Å². The molecule has 0 unspecified atom stereocenters. The fourth-order valence-electron chi connectivity index (χ4n) is 2.32. The van der Waals surface area contributed by atoms with E-state index in [-0.39, 0.29) is 17.7 Å². The maximum absolute atomic E-state index is 12.0. The molecule has 0 aromatic heterocycles. The van der Waals surface area contributed by atoms with Crippen molar-refractivity contribution < 1.29 is 14.7 Å². The monoisotopic (exact) mass is 239 g/mol. The number of unbranched alkanes of at least 4 members (excludes halogenated alkanes) is 1. The topological polar surface area (TPSA) is 57.6 Å². The second kappa shape index (κ2) is 6.42. The van der Waals surface area contributed by atoms with Gasteiger partial charge in [-0.05, 0) is 32.1 Å². The summed E-state index contributed by atoms with van der Waals surface area (Å²) in [6, 6.07) is 0. The number of amides is 1. The van der Waals surface area contributed by atoms with Crippen LogP contribution in [0.4, 0.5) is 0 Å². The van der Waals surface area contributed by atoms with Crippen LogP contribution in [0.1, 0.15) is 32.1 Å². The van der Waals surface area contributed by atoms with Gasteiger partial charge in [0, 0.05) is 19.5 Å². The van der Waals surface area contributed by atoms with Gasteiger partial charge >= 0.3 is 5.97 Å². The van der Waals surface area contributed by atoms with E-state index in [9.17, 15) is 9.59 Å². The summed E-state index contributed by atoms with van der Waals surface area (Å²) in [5, 5.41) is 8.89. The molecule has 1 aliphatic rings. The minimum atomic E-state index is -0.769. The Morgan fingerprint density at radius 1 is 1.41 bits per heavy atom. The third kappa shape index (κ3) is 3.88. The average molecular weight is 239 g/mol. The summed E-state index contributed by atoms with van der Waals surface area (Å²) < 4.78 is 0. The van der Waals surface area contributed by atoms with Gasteiger partial charge in [0.05, 0.1) is 5.92 Å². The third-order valence-corrected chi connectivity index (χ3v) is 3.41. The van der Waals surface area contributed by atoms with Crippen molar-refractivity contribution in [2.45, 2.75) is 32.1 Å². The molecule has 0 aromatic carbocycles. The standard InChI is InChI=1S/C13H21NO3/c1-3-4-5-8-14(2)12(15)10-6-7-11(9-10)13(16)17/h3,10-11H,1,4-9H2,2H3,(H,16,17)/t10-,11+/m1/s1. The van der Waals surface area contributed by atoms with E-state index in [4.69, 9.17) is 5.11 Å². The molecular formula is C13H21NO3. The van der Waals surface area contributed by atoms with E-state index in [0.717, 1.165) is 19.4 Å². The molecular weight excluding hydrogens is 218 g/mol. The largest absolute Gasteiger partial charge is 0.481 e. The van der Waals surface area contributed by atoms with Gasteiger partial charge in [-0.3, -0.25) is 9.59 Å². The number of hydrogen-bond acceptors (Lipinski definition) is 2. The highest BCUT2D eigenvalue weighted by molar-refractivity contribution is 5.80. The first-order valence-corrected chi connectivity index (χ1v) is 6.15. The van der Waals surface area contributed by atoms with Crippen LogP contribution in [0.15, 0.2) is 12.7 Å². The first-order chi connectivity index (χ1) is 8.06. The van der Waals surface area contributed by atoms with E-state index in [1.807, 2.05) is 6.08 Å². The Morgan fingerprint density at radius 3 is 2.59 bits per heavy atom. The second-order valence-electron chi connectivity index (χ2n) is 4.74. The van der Waals surface area contributed by atoms with Crippen LogP contribution in [0.5, 0.6) is 0 Å². The molecule has 4 heteroatoms. The molecule has 1 fully saturated rings. The van der Waals surface area contributed by atoms with E-state index in [1.54, 1.807) is 11.9 Å². The van der Waals surface area contributed by atoms with Crippen LogP contribution >= 0.6 is 0 Å². The van der Waals surface area contributed by atoms with Gasteiger partial charge in [0.15, 0.2) is 0 Å². The lowest BCUT2D eigenvalue weighted by Gasteiger charge is -2.20. The van der Waals surface area contributed by atoms with Crippen LogP contribution < -0.4 is 0 Å². The Kier molecular flexibility index (Phi) is 5.19. The van der Waals surface area contributed by atoms with E-state index >= 15 is 0 Å². The number of rotatable bonds is 6. The maximum atomic E-state index is 12.0. The van der Waals surface area contributed by atoms with Crippen molar-refractivity contribution in [3.05, 3.63) is 12.7 Å². The van der Waals surface area contributed by atoms with E-state index in [0.29, 0.717) is 19.3 Å². The zero-order chi connectivity index (χ0) is 12.8. The molecule has 17 heavy (non-hydrogen) atoms. The van der Waals surface area contributed by atoms with Crippen molar-refractivity contribution in [1.29, 1.82) is 0 Å². The highest BCUT2D eigenvalue weighted by Gasteiger charge is 2.34. The molecule has 4 nitrogen and oxygen atoms in total. The van der Waals surface area contributed by atoms with E-state index < -0.39 is 5.97 Å². The quantitative estimate of drug-likeness (QED) is 0.569. The smallest absolute Gasteiger partial charge is 0.306 e. The number of carboxylic acid groups (broad SMARTS) is 1.